The third-order valence-corrected chi connectivity index (χ3v) is 8.01. The van der Waals surface area contributed by atoms with E-state index in [9.17, 15) is 4.79 Å². The fraction of sp³-hybridized carbons (Fsp3) is 0.708. The van der Waals surface area contributed by atoms with Crippen LogP contribution in [0.25, 0.3) is 0 Å². The Morgan fingerprint density at radius 2 is 1.76 bits per heavy atom. The number of benzene rings is 1. The number of hydrogen-bond donors (Lipinski definition) is 2. The highest BCUT2D eigenvalue weighted by molar-refractivity contribution is 5.73. The van der Waals surface area contributed by atoms with Crippen molar-refractivity contribution in [3.05, 3.63) is 35.9 Å². The smallest absolute Gasteiger partial charge is 0.314 e. The number of amides is 2. The standard InChI is InChI=1S/C24H35N3O2/c28-22(25-6-7-27-8-10-29-11-9-27)26-18-23-13-19-12-20(14-23)16-24(15-19,17-23)21-4-2-1-3-5-21/h1-5,19-20H,6-18H2,(H2,25,26,28)/t19-,20-,23?,24?/m0/s1. The number of nitrogens with zero attached hydrogens (tertiary/aromatic N) is 1. The second-order valence-corrected chi connectivity index (χ2v) is 10.2. The van der Waals surface area contributed by atoms with Gasteiger partial charge in [0.15, 0.2) is 0 Å². The van der Waals surface area contributed by atoms with Crippen LogP contribution in [0.1, 0.15) is 44.1 Å². The van der Waals surface area contributed by atoms with Gasteiger partial charge >= 0.3 is 6.03 Å². The van der Waals surface area contributed by atoms with Crippen molar-refractivity contribution in [1.82, 2.24) is 15.5 Å². The Hall–Kier alpha value is -1.59. The number of hydrogen-bond acceptors (Lipinski definition) is 3. The summed E-state index contributed by atoms with van der Waals surface area (Å²) < 4.78 is 5.38. The Morgan fingerprint density at radius 1 is 1.03 bits per heavy atom. The fourth-order valence-corrected chi connectivity index (χ4v) is 7.27. The van der Waals surface area contributed by atoms with Crippen LogP contribution >= 0.6 is 0 Å². The van der Waals surface area contributed by atoms with Gasteiger partial charge in [-0.2, -0.15) is 0 Å². The number of nitrogens with one attached hydrogen (secondary N) is 2. The van der Waals surface area contributed by atoms with Gasteiger partial charge in [0.2, 0.25) is 0 Å². The van der Waals surface area contributed by atoms with Gasteiger partial charge in [0, 0.05) is 32.7 Å². The molecule has 5 fully saturated rings. The van der Waals surface area contributed by atoms with Crippen molar-refractivity contribution in [2.45, 2.75) is 43.9 Å². The summed E-state index contributed by atoms with van der Waals surface area (Å²) in [5.41, 5.74) is 2.18. The lowest BCUT2D eigenvalue weighted by atomic mass is 9.43. The first-order chi connectivity index (χ1) is 14.1. The van der Waals surface area contributed by atoms with E-state index in [0.717, 1.165) is 51.2 Å². The first-order valence-electron chi connectivity index (χ1n) is 11.5. The Labute approximate surface area is 174 Å². The molecule has 0 spiro atoms. The summed E-state index contributed by atoms with van der Waals surface area (Å²) in [5.74, 6) is 1.67. The predicted molar refractivity (Wildman–Crippen MR) is 114 cm³/mol. The summed E-state index contributed by atoms with van der Waals surface area (Å²) in [6.45, 7) is 5.99. The van der Waals surface area contributed by atoms with Crippen molar-refractivity contribution in [2.24, 2.45) is 17.3 Å². The molecule has 4 bridgehead atoms. The van der Waals surface area contributed by atoms with Crippen LogP contribution in [0.2, 0.25) is 0 Å². The molecule has 2 atom stereocenters. The SMILES string of the molecule is O=C(NCCN1CCOCC1)NCC12C[C@@H]3C[C@@H](C1)CC(c1ccccc1)(C3)C2. The topological polar surface area (TPSA) is 53.6 Å². The Kier molecular flexibility index (Phi) is 5.29. The third-order valence-electron chi connectivity index (χ3n) is 8.01. The van der Waals surface area contributed by atoms with E-state index in [0.29, 0.717) is 17.4 Å². The van der Waals surface area contributed by atoms with Gasteiger partial charge in [0.25, 0.3) is 0 Å². The average Bonchev–Trinajstić information content (AvgIpc) is 2.73. The lowest BCUT2D eigenvalue weighted by Gasteiger charge is -2.62. The molecule has 2 amide bonds. The van der Waals surface area contributed by atoms with Crippen LogP contribution in [-0.2, 0) is 10.2 Å². The third kappa shape index (κ3) is 4.04. The molecule has 1 aliphatic heterocycles. The maximum atomic E-state index is 12.5. The molecular formula is C24H35N3O2. The summed E-state index contributed by atoms with van der Waals surface area (Å²) in [4.78, 5) is 14.8. The Morgan fingerprint density at radius 3 is 2.48 bits per heavy atom. The number of rotatable bonds is 6. The van der Waals surface area contributed by atoms with E-state index < -0.39 is 0 Å². The molecule has 1 aromatic rings. The molecule has 0 radical (unpaired) electrons. The summed E-state index contributed by atoms with van der Waals surface area (Å²) in [6.07, 6.45) is 7.94. The minimum absolute atomic E-state index is 0.00256. The van der Waals surface area contributed by atoms with E-state index in [1.807, 2.05) is 0 Å². The van der Waals surface area contributed by atoms with Crippen LogP contribution in [0.4, 0.5) is 4.79 Å². The maximum absolute atomic E-state index is 12.5. The van der Waals surface area contributed by atoms with E-state index in [1.165, 1.54) is 44.1 Å². The zero-order valence-electron chi connectivity index (χ0n) is 17.5. The predicted octanol–water partition coefficient (Wildman–Crippen LogP) is 3.16. The summed E-state index contributed by atoms with van der Waals surface area (Å²) >= 11 is 0. The van der Waals surface area contributed by atoms with Crippen LogP contribution in [-0.4, -0.2) is 56.9 Å². The molecule has 5 aliphatic rings. The van der Waals surface area contributed by atoms with Gasteiger partial charge in [-0.15, -0.1) is 0 Å². The first kappa shape index (κ1) is 19.4. The minimum Gasteiger partial charge on any atom is -0.379 e. The van der Waals surface area contributed by atoms with Crippen LogP contribution < -0.4 is 10.6 Å². The van der Waals surface area contributed by atoms with Crippen molar-refractivity contribution < 1.29 is 9.53 Å². The van der Waals surface area contributed by atoms with E-state index in [4.69, 9.17) is 4.74 Å². The van der Waals surface area contributed by atoms with Crippen molar-refractivity contribution in [1.29, 1.82) is 0 Å². The van der Waals surface area contributed by atoms with Gasteiger partial charge in [-0.25, -0.2) is 4.79 Å². The fourth-order valence-electron chi connectivity index (χ4n) is 7.27. The molecule has 1 saturated heterocycles. The second-order valence-electron chi connectivity index (χ2n) is 10.2. The van der Waals surface area contributed by atoms with Crippen molar-refractivity contribution in [3.63, 3.8) is 0 Å². The van der Waals surface area contributed by atoms with Gasteiger partial charge < -0.3 is 15.4 Å². The lowest BCUT2D eigenvalue weighted by Crippen LogP contribution is -2.58. The molecular weight excluding hydrogens is 362 g/mol. The van der Waals surface area contributed by atoms with Gasteiger partial charge in [-0.05, 0) is 66.8 Å². The Bertz CT molecular complexity index is 702. The van der Waals surface area contributed by atoms with Crippen molar-refractivity contribution in [3.8, 4) is 0 Å². The zero-order chi connectivity index (χ0) is 19.7. The van der Waals surface area contributed by atoms with Crippen LogP contribution in [0.15, 0.2) is 30.3 Å². The summed E-state index contributed by atoms with van der Waals surface area (Å²) in [5, 5.41) is 6.32. The van der Waals surface area contributed by atoms with Gasteiger partial charge in [0.1, 0.15) is 0 Å². The molecule has 5 nitrogen and oxygen atoms in total. The normalized spacial score (nSPS) is 36.1. The first-order valence-corrected chi connectivity index (χ1v) is 11.5. The monoisotopic (exact) mass is 397 g/mol. The quantitative estimate of drug-likeness (QED) is 0.775. The Balaban J connectivity index is 1.17. The number of morpholine rings is 1. The van der Waals surface area contributed by atoms with E-state index in [-0.39, 0.29) is 6.03 Å². The van der Waals surface area contributed by atoms with Crippen molar-refractivity contribution in [2.75, 3.05) is 45.9 Å². The van der Waals surface area contributed by atoms with E-state index in [2.05, 4.69) is 45.9 Å². The molecule has 1 aromatic carbocycles. The molecule has 0 unspecified atom stereocenters. The number of ether oxygens (including phenoxy) is 1. The highest BCUT2D eigenvalue weighted by Crippen LogP contribution is 2.65. The molecule has 29 heavy (non-hydrogen) atoms. The molecule has 4 saturated carbocycles. The number of urea groups is 1. The average molecular weight is 398 g/mol. The molecule has 2 N–H and O–H groups in total. The minimum atomic E-state index is 0.00256. The highest BCUT2D eigenvalue weighted by atomic mass is 16.5. The van der Waals surface area contributed by atoms with E-state index in [1.54, 1.807) is 0 Å². The second kappa shape index (κ2) is 7.92. The number of carbonyl (C=O) groups excluding carboxylic acids is 1. The van der Waals surface area contributed by atoms with Crippen LogP contribution in [0.5, 0.6) is 0 Å². The van der Waals surface area contributed by atoms with E-state index >= 15 is 0 Å². The van der Waals surface area contributed by atoms with Crippen LogP contribution in [0.3, 0.4) is 0 Å². The number of carbonyl (C=O) groups is 1. The maximum Gasteiger partial charge on any atom is 0.314 e. The molecule has 158 valence electrons. The van der Waals surface area contributed by atoms with Crippen molar-refractivity contribution >= 4 is 6.03 Å². The van der Waals surface area contributed by atoms with Gasteiger partial charge in [-0.1, -0.05) is 30.3 Å². The molecule has 6 rings (SSSR count). The lowest BCUT2D eigenvalue weighted by molar-refractivity contribution is -0.0693. The van der Waals surface area contributed by atoms with Gasteiger partial charge in [0.05, 0.1) is 13.2 Å². The molecule has 5 heteroatoms. The zero-order valence-corrected chi connectivity index (χ0v) is 17.5. The summed E-state index contributed by atoms with van der Waals surface area (Å²) in [6, 6.07) is 11.2. The molecule has 0 aromatic heterocycles. The largest absolute Gasteiger partial charge is 0.379 e. The van der Waals surface area contributed by atoms with Gasteiger partial charge in [-0.3, -0.25) is 4.90 Å². The van der Waals surface area contributed by atoms with Crippen LogP contribution in [0, 0.1) is 17.3 Å². The summed E-state index contributed by atoms with van der Waals surface area (Å²) in [7, 11) is 0. The molecule has 1 heterocycles. The highest BCUT2D eigenvalue weighted by Gasteiger charge is 2.57. The molecule has 4 aliphatic carbocycles.